The Morgan fingerprint density at radius 1 is 1.33 bits per heavy atom. The number of aromatic nitrogens is 1. The fourth-order valence-electron chi connectivity index (χ4n) is 2.58. The van der Waals surface area contributed by atoms with E-state index in [0.29, 0.717) is 10.5 Å². The summed E-state index contributed by atoms with van der Waals surface area (Å²) in [6.45, 7) is 0. The first-order chi connectivity index (χ1) is 8.59. The third-order valence-corrected chi connectivity index (χ3v) is 4.43. The Bertz CT molecular complexity index is 688. The summed E-state index contributed by atoms with van der Waals surface area (Å²) in [5.41, 5.74) is 2.06. The van der Waals surface area contributed by atoms with Crippen LogP contribution in [0.1, 0.15) is 17.5 Å². The number of nitro benzene ring substituents is 1. The minimum atomic E-state index is -0.311. The number of hydrogen-bond acceptors (Lipinski definition) is 3. The molecule has 0 aliphatic heterocycles. The summed E-state index contributed by atoms with van der Waals surface area (Å²) in [6, 6.07) is 1.67. The molecule has 1 aliphatic carbocycles. The number of nitro groups is 1. The van der Waals surface area contributed by atoms with Gasteiger partial charge in [0.15, 0.2) is 0 Å². The molecule has 0 unspecified atom stereocenters. The summed E-state index contributed by atoms with van der Waals surface area (Å²) in [5, 5.41) is 13.0. The van der Waals surface area contributed by atoms with Gasteiger partial charge in [-0.15, -0.1) is 0 Å². The molecule has 4 nitrogen and oxygen atoms in total. The zero-order valence-corrected chi connectivity index (χ0v) is 11.6. The first kappa shape index (κ1) is 11.9. The van der Waals surface area contributed by atoms with Crippen LogP contribution in [0.3, 0.4) is 0 Å². The summed E-state index contributed by atoms with van der Waals surface area (Å²) in [6.07, 6.45) is 4.06. The van der Waals surface area contributed by atoms with E-state index < -0.39 is 0 Å². The van der Waals surface area contributed by atoms with Crippen LogP contribution < -0.4 is 0 Å². The zero-order valence-electron chi connectivity index (χ0n) is 9.24. The molecule has 1 aromatic heterocycles. The van der Waals surface area contributed by atoms with Crippen molar-refractivity contribution in [2.75, 3.05) is 0 Å². The van der Waals surface area contributed by atoms with E-state index in [-0.39, 0.29) is 10.6 Å². The lowest BCUT2D eigenvalue weighted by atomic mass is 10.0. The highest BCUT2D eigenvalue weighted by Crippen LogP contribution is 2.43. The van der Waals surface area contributed by atoms with Gasteiger partial charge >= 0.3 is 0 Å². The minimum absolute atomic E-state index is 0.185. The van der Waals surface area contributed by atoms with Gasteiger partial charge < -0.3 is 0 Å². The van der Waals surface area contributed by atoms with Crippen molar-refractivity contribution in [1.82, 2.24) is 4.98 Å². The largest absolute Gasteiger partial charge is 0.282 e. The Kier molecular flexibility index (Phi) is 2.75. The molecule has 0 amide bonds. The Hall–Kier alpha value is -1.20. The molecule has 1 heterocycles. The molecule has 0 radical (unpaired) electrons. The molecular weight excluding hydrogens is 320 g/mol. The molecule has 0 fully saturated rings. The Labute approximate surface area is 116 Å². The summed E-state index contributed by atoms with van der Waals surface area (Å²) in [4.78, 5) is 14.9. The van der Waals surface area contributed by atoms with E-state index in [9.17, 15) is 10.1 Å². The highest BCUT2D eigenvalue weighted by Gasteiger charge is 2.28. The number of benzene rings is 1. The number of pyridine rings is 1. The lowest BCUT2D eigenvalue weighted by Gasteiger charge is -2.09. The number of nitrogens with zero attached hydrogens (tertiary/aromatic N) is 2. The van der Waals surface area contributed by atoms with E-state index in [2.05, 4.69) is 20.9 Å². The number of rotatable bonds is 1. The normalized spacial score (nSPS) is 13.9. The van der Waals surface area contributed by atoms with Gasteiger partial charge in [-0.25, -0.2) is 4.98 Å². The van der Waals surface area contributed by atoms with E-state index in [1.165, 1.54) is 6.20 Å². The van der Waals surface area contributed by atoms with E-state index in [4.69, 9.17) is 11.6 Å². The van der Waals surface area contributed by atoms with Crippen molar-refractivity contribution in [2.45, 2.75) is 19.3 Å². The van der Waals surface area contributed by atoms with Crippen LogP contribution in [0.5, 0.6) is 0 Å². The Balaban J connectivity index is 2.51. The maximum atomic E-state index is 11.3. The van der Waals surface area contributed by atoms with Crippen LogP contribution in [0.15, 0.2) is 16.7 Å². The highest BCUT2D eigenvalue weighted by molar-refractivity contribution is 9.10. The van der Waals surface area contributed by atoms with Gasteiger partial charge in [0.25, 0.3) is 5.69 Å². The fraction of sp³-hybridized carbons (Fsp3) is 0.250. The first-order valence-electron chi connectivity index (χ1n) is 5.52. The van der Waals surface area contributed by atoms with Gasteiger partial charge in [-0.05, 0) is 46.8 Å². The van der Waals surface area contributed by atoms with E-state index in [1.54, 1.807) is 6.07 Å². The molecule has 18 heavy (non-hydrogen) atoms. The van der Waals surface area contributed by atoms with Crippen molar-refractivity contribution in [2.24, 2.45) is 0 Å². The summed E-state index contributed by atoms with van der Waals surface area (Å²) in [5.74, 6) is 0. The predicted molar refractivity (Wildman–Crippen MR) is 73.1 cm³/mol. The van der Waals surface area contributed by atoms with Crippen molar-refractivity contribution >= 4 is 44.0 Å². The maximum Gasteiger partial charge on any atom is 0.282 e. The second-order valence-electron chi connectivity index (χ2n) is 4.28. The van der Waals surface area contributed by atoms with Crippen LogP contribution in [-0.4, -0.2) is 9.91 Å². The second-order valence-corrected chi connectivity index (χ2v) is 5.46. The molecule has 0 saturated heterocycles. The third kappa shape index (κ3) is 1.61. The fourth-order valence-corrected chi connectivity index (χ4v) is 3.50. The lowest BCUT2D eigenvalue weighted by Crippen LogP contribution is -1.98. The second kappa shape index (κ2) is 4.17. The van der Waals surface area contributed by atoms with Crippen LogP contribution in [0.25, 0.3) is 10.8 Å². The molecule has 1 aliphatic rings. The highest BCUT2D eigenvalue weighted by atomic mass is 79.9. The Morgan fingerprint density at radius 3 is 2.78 bits per heavy atom. The number of fused-ring (bicyclic) bond motifs is 2. The SMILES string of the molecule is O=[N+]([O-])c1c2c(c(Br)c3cc(Cl)ncc13)CCC2. The van der Waals surface area contributed by atoms with Crippen molar-refractivity contribution < 1.29 is 4.92 Å². The van der Waals surface area contributed by atoms with Crippen molar-refractivity contribution in [3.8, 4) is 0 Å². The summed E-state index contributed by atoms with van der Waals surface area (Å²) in [7, 11) is 0. The monoisotopic (exact) mass is 326 g/mol. The van der Waals surface area contributed by atoms with Crippen molar-refractivity contribution in [1.29, 1.82) is 0 Å². The molecule has 0 bridgehead atoms. The zero-order chi connectivity index (χ0) is 12.9. The van der Waals surface area contributed by atoms with Crippen LogP contribution in [0.2, 0.25) is 5.15 Å². The van der Waals surface area contributed by atoms with Crippen LogP contribution in [0, 0.1) is 10.1 Å². The van der Waals surface area contributed by atoms with E-state index >= 15 is 0 Å². The van der Waals surface area contributed by atoms with E-state index in [0.717, 1.165) is 40.2 Å². The Morgan fingerprint density at radius 2 is 2.06 bits per heavy atom. The smallest absolute Gasteiger partial charge is 0.258 e. The average Bonchev–Trinajstić information content (AvgIpc) is 2.79. The summed E-state index contributed by atoms with van der Waals surface area (Å²) >= 11 is 9.41. The van der Waals surface area contributed by atoms with E-state index in [1.807, 2.05) is 0 Å². The lowest BCUT2D eigenvalue weighted by molar-refractivity contribution is -0.383. The summed E-state index contributed by atoms with van der Waals surface area (Å²) < 4.78 is 0.917. The molecule has 92 valence electrons. The molecule has 0 saturated carbocycles. The maximum absolute atomic E-state index is 11.3. The van der Waals surface area contributed by atoms with Gasteiger partial charge in [-0.3, -0.25) is 10.1 Å². The molecule has 3 rings (SSSR count). The number of halogens is 2. The molecule has 0 spiro atoms. The van der Waals surface area contributed by atoms with Crippen molar-refractivity contribution in [3.63, 3.8) is 0 Å². The predicted octanol–water partition coefficient (Wildman–Crippen LogP) is 4.05. The molecule has 0 N–H and O–H groups in total. The quantitative estimate of drug-likeness (QED) is 0.451. The van der Waals surface area contributed by atoms with Gasteiger partial charge in [0.2, 0.25) is 0 Å². The van der Waals surface area contributed by atoms with Crippen LogP contribution in [0.4, 0.5) is 5.69 Å². The molecule has 0 atom stereocenters. The molecule has 2 aromatic rings. The first-order valence-corrected chi connectivity index (χ1v) is 6.69. The molecular formula is C12H8BrClN2O2. The van der Waals surface area contributed by atoms with Gasteiger partial charge in [0, 0.05) is 21.6 Å². The molecule has 1 aromatic carbocycles. The van der Waals surface area contributed by atoms with Gasteiger partial charge in [-0.1, -0.05) is 11.6 Å². The third-order valence-electron chi connectivity index (χ3n) is 3.31. The topological polar surface area (TPSA) is 56.0 Å². The van der Waals surface area contributed by atoms with Crippen LogP contribution >= 0.6 is 27.5 Å². The minimum Gasteiger partial charge on any atom is -0.258 e. The average molecular weight is 328 g/mol. The van der Waals surface area contributed by atoms with Gasteiger partial charge in [0.05, 0.1) is 10.3 Å². The van der Waals surface area contributed by atoms with Crippen LogP contribution in [-0.2, 0) is 12.8 Å². The molecule has 6 heteroatoms. The number of hydrogen-bond donors (Lipinski definition) is 0. The van der Waals surface area contributed by atoms with Gasteiger partial charge in [0.1, 0.15) is 5.15 Å². The van der Waals surface area contributed by atoms with Gasteiger partial charge in [-0.2, -0.15) is 0 Å². The van der Waals surface area contributed by atoms with Crippen molar-refractivity contribution in [3.05, 3.63) is 43.1 Å². The standard InChI is InChI=1S/C12H8BrClN2O2/c13-11-6-2-1-3-7(6)12(16(17)18)9-5-15-10(14)4-8(9)11/h4-5H,1-3H2.